The van der Waals surface area contributed by atoms with Gasteiger partial charge < -0.3 is 0 Å². The third-order valence-corrected chi connectivity index (χ3v) is 5.69. The second-order valence-electron chi connectivity index (χ2n) is 5.81. The zero-order chi connectivity index (χ0) is 13.9. The SMILES string of the molecule is CCC(C)(C(NN)c1ccc(C)s1)N1CCCCC1. The third kappa shape index (κ3) is 3.02. The predicted molar refractivity (Wildman–Crippen MR) is 83.2 cm³/mol. The Morgan fingerprint density at radius 2 is 2.05 bits per heavy atom. The number of rotatable bonds is 5. The van der Waals surface area contributed by atoms with Gasteiger partial charge in [0.2, 0.25) is 0 Å². The number of thiophene rings is 1. The maximum absolute atomic E-state index is 5.91. The number of hydrazine groups is 1. The van der Waals surface area contributed by atoms with Crippen LogP contribution in [0.5, 0.6) is 0 Å². The number of nitrogens with one attached hydrogen (secondary N) is 1. The molecule has 0 aromatic carbocycles. The largest absolute Gasteiger partial charge is 0.296 e. The Hall–Kier alpha value is -0.420. The highest BCUT2D eigenvalue weighted by molar-refractivity contribution is 7.12. The van der Waals surface area contributed by atoms with Gasteiger partial charge in [0.25, 0.3) is 0 Å². The van der Waals surface area contributed by atoms with Crippen molar-refractivity contribution in [2.45, 2.75) is 58.0 Å². The number of hydrogen-bond acceptors (Lipinski definition) is 4. The molecule has 1 aliphatic rings. The van der Waals surface area contributed by atoms with Gasteiger partial charge in [-0.1, -0.05) is 13.3 Å². The van der Waals surface area contributed by atoms with Crippen LogP contribution in [0, 0.1) is 6.92 Å². The molecule has 1 aromatic rings. The van der Waals surface area contributed by atoms with E-state index in [1.165, 1.54) is 42.1 Å². The molecule has 19 heavy (non-hydrogen) atoms. The van der Waals surface area contributed by atoms with Gasteiger partial charge in [-0.3, -0.25) is 16.2 Å². The van der Waals surface area contributed by atoms with Crippen LogP contribution in [-0.4, -0.2) is 23.5 Å². The summed E-state index contributed by atoms with van der Waals surface area (Å²) in [6, 6.07) is 4.63. The number of nitrogens with zero attached hydrogens (tertiary/aromatic N) is 1. The number of nitrogens with two attached hydrogens (primary N) is 1. The zero-order valence-electron chi connectivity index (χ0n) is 12.4. The summed E-state index contributed by atoms with van der Waals surface area (Å²) in [5, 5.41) is 0. The van der Waals surface area contributed by atoms with Gasteiger partial charge >= 0.3 is 0 Å². The van der Waals surface area contributed by atoms with Crippen LogP contribution in [0.2, 0.25) is 0 Å². The first kappa shape index (κ1) is 15.0. The summed E-state index contributed by atoms with van der Waals surface area (Å²) in [6.45, 7) is 9.20. The van der Waals surface area contributed by atoms with Crippen molar-refractivity contribution in [1.82, 2.24) is 10.3 Å². The Labute approximate surface area is 121 Å². The van der Waals surface area contributed by atoms with E-state index in [1.54, 1.807) is 0 Å². The van der Waals surface area contributed by atoms with Crippen molar-refractivity contribution in [2.24, 2.45) is 5.84 Å². The molecule has 1 aliphatic heterocycles. The summed E-state index contributed by atoms with van der Waals surface area (Å²) in [5.74, 6) is 5.91. The Bertz CT molecular complexity index is 398. The van der Waals surface area contributed by atoms with Gasteiger partial charge in [-0.2, -0.15) is 0 Å². The van der Waals surface area contributed by atoms with Gasteiger partial charge in [0.15, 0.2) is 0 Å². The second-order valence-corrected chi connectivity index (χ2v) is 7.13. The Kier molecular flexibility index (Phi) is 5.01. The van der Waals surface area contributed by atoms with Gasteiger partial charge in [0.1, 0.15) is 0 Å². The van der Waals surface area contributed by atoms with Crippen LogP contribution in [0.4, 0.5) is 0 Å². The maximum Gasteiger partial charge on any atom is 0.0734 e. The molecule has 0 radical (unpaired) electrons. The number of piperidine rings is 1. The lowest BCUT2D eigenvalue weighted by molar-refractivity contribution is 0.0435. The molecule has 2 unspecified atom stereocenters. The monoisotopic (exact) mass is 281 g/mol. The van der Waals surface area contributed by atoms with Crippen molar-refractivity contribution in [2.75, 3.05) is 13.1 Å². The first-order valence-electron chi connectivity index (χ1n) is 7.39. The highest BCUT2D eigenvalue weighted by Crippen LogP contribution is 2.38. The van der Waals surface area contributed by atoms with Crippen molar-refractivity contribution in [1.29, 1.82) is 0 Å². The molecule has 0 amide bonds. The summed E-state index contributed by atoms with van der Waals surface area (Å²) in [6.07, 6.45) is 5.11. The molecule has 0 aliphatic carbocycles. The van der Waals surface area contributed by atoms with Gasteiger partial charge in [-0.05, 0) is 58.3 Å². The summed E-state index contributed by atoms with van der Waals surface area (Å²) < 4.78 is 0. The van der Waals surface area contributed by atoms with E-state index < -0.39 is 0 Å². The molecule has 1 fully saturated rings. The van der Waals surface area contributed by atoms with Gasteiger partial charge in [-0.15, -0.1) is 11.3 Å². The van der Waals surface area contributed by atoms with E-state index in [1.807, 2.05) is 11.3 Å². The smallest absolute Gasteiger partial charge is 0.0734 e. The second kappa shape index (κ2) is 6.35. The Morgan fingerprint density at radius 3 is 2.53 bits per heavy atom. The highest BCUT2D eigenvalue weighted by Gasteiger charge is 2.39. The van der Waals surface area contributed by atoms with Crippen LogP contribution in [0.25, 0.3) is 0 Å². The first-order valence-corrected chi connectivity index (χ1v) is 8.21. The zero-order valence-corrected chi connectivity index (χ0v) is 13.2. The Morgan fingerprint density at radius 1 is 1.37 bits per heavy atom. The molecule has 4 heteroatoms. The normalized spacial score (nSPS) is 22.1. The van der Waals surface area contributed by atoms with Crippen molar-refractivity contribution in [3.63, 3.8) is 0 Å². The summed E-state index contributed by atoms with van der Waals surface area (Å²) in [4.78, 5) is 5.35. The molecular formula is C15H27N3S. The van der Waals surface area contributed by atoms with Crippen molar-refractivity contribution in [3.05, 3.63) is 21.9 Å². The fraction of sp³-hybridized carbons (Fsp3) is 0.733. The summed E-state index contributed by atoms with van der Waals surface area (Å²) in [5.41, 5.74) is 3.19. The van der Waals surface area contributed by atoms with Crippen LogP contribution >= 0.6 is 11.3 Å². The van der Waals surface area contributed by atoms with E-state index in [4.69, 9.17) is 5.84 Å². The van der Waals surface area contributed by atoms with Crippen LogP contribution in [0.15, 0.2) is 12.1 Å². The third-order valence-electron chi connectivity index (χ3n) is 4.63. The maximum atomic E-state index is 5.91. The fourth-order valence-corrected chi connectivity index (χ4v) is 4.28. The molecular weight excluding hydrogens is 254 g/mol. The molecule has 3 N–H and O–H groups in total. The van der Waals surface area contributed by atoms with E-state index in [9.17, 15) is 0 Å². The highest BCUT2D eigenvalue weighted by atomic mass is 32.1. The van der Waals surface area contributed by atoms with Gasteiger partial charge in [0.05, 0.1) is 6.04 Å². The van der Waals surface area contributed by atoms with Gasteiger partial charge in [0, 0.05) is 15.3 Å². The van der Waals surface area contributed by atoms with Crippen LogP contribution in [-0.2, 0) is 0 Å². The minimum Gasteiger partial charge on any atom is -0.296 e. The average molecular weight is 281 g/mol. The molecule has 2 atom stereocenters. The lowest BCUT2D eigenvalue weighted by Crippen LogP contribution is -2.56. The average Bonchev–Trinajstić information content (AvgIpc) is 2.86. The van der Waals surface area contributed by atoms with Crippen molar-refractivity contribution >= 4 is 11.3 Å². The van der Waals surface area contributed by atoms with Crippen molar-refractivity contribution < 1.29 is 0 Å². The standard InChI is InChI=1S/C15H27N3S/c1-4-15(3,18-10-6-5-7-11-18)14(17-16)13-9-8-12(2)19-13/h8-9,14,17H,4-7,10-11,16H2,1-3H3. The van der Waals surface area contributed by atoms with Crippen molar-refractivity contribution in [3.8, 4) is 0 Å². The molecule has 1 aromatic heterocycles. The molecule has 2 heterocycles. The minimum absolute atomic E-state index is 0.104. The molecule has 2 rings (SSSR count). The van der Waals surface area contributed by atoms with E-state index in [0.717, 1.165) is 6.42 Å². The van der Waals surface area contributed by atoms with E-state index >= 15 is 0 Å². The van der Waals surface area contributed by atoms with E-state index in [0.29, 0.717) is 0 Å². The molecule has 0 spiro atoms. The van der Waals surface area contributed by atoms with Crippen LogP contribution in [0.1, 0.15) is 55.3 Å². The van der Waals surface area contributed by atoms with Crippen LogP contribution < -0.4 is 11.3 Å². The lowest BCUT2D eigenvalue weighted by Gasteiger charge is -2.47. The lowest BCUT2D eigenvalue weighted by atomic mass is 9.85. The predicted octanol–water partition coefficient (Wildman–Crippen LogP) is 3.22. The molecule has 108 valence electrons. The number of likely N-dealkylation sites (tertiary alicyclic amines) is 1. The molecule has 3 nitrogen and oxygen atoms in total. The molecule has 0 saturated carbocycles. The van der Waals surface area contributed by atoms with Crippen LogP contribution in [0.3, 0.4) is 0 Å². The fourth-order valence-electron chi connectivity index (χ4n) is 3.19. The summed E-state index contributed by atoms with van der Waals surface area (Å²) in [7, 11) is 0. The number of aryl methyl sites for hydroxylation is 1. The van der Waals surface area contributed by atoms with Gasteiger partial charge in [-0.25, -0.2) is 0 Å². The van der Waals surface area contributed by atoms with E-state index in [2.05, 4.69) is 43.2 Å². The quantitative estimate of drug-likeness (QED) is 0.643. The van der Waals surface area contributed by atoms with E-state index in [-0.39, 0.29) is 11.6 Å². The molecule has 0 bridgehead atoms. The molecule has 1 saturated heterocycles. The number of hydrogen-bond donors (Lipinski definition) is 2. The Balaban J connectivity index is 2.25. The topological polar surface area (TPSA) is 41.3 Å². The summed E-state index contributed by atoms with van der Waals surface area (Å²) >= 11 is 1.86. The minimum atomic E-state index is 0.104. The first-order chi connectivity index (χ1) is 9.11.